The number of nitro benzene ring substituents is 1. The molecule has 0 aliphatic rings. The van der Waals surface area contributed by atoms with Gasteiger partial charge in [-0.15, -0.1) is 0 Å². The van der Waals surface area contributed by atoms with Crippen LogP contribution in [-0.4, -0.2) is 25.4 Å². The molecule has 0 unspecified atom stereocenters. The summed E-state index contributed by atoms with van der Waals surface area (Å²) in [7, 11) is 0. The Hall–Kier alpha value is -3.98. The third-order valence-electron chi connectivity index (χ3n) is 3.93. The number of nitrogens with one attached hydrogen (secondary N) is 1. The van der Waals surface area contributed by atoms with Gasteiger partial charge in [0, 0.05) is 29.5 Å². The largest absolute Gasteiger partial charge is 0.457 e. The van der Waals surface area contributed by atoms with Gasteiger partial charge in [-0.05, 0) is 30.3 Å². The number of fused-ring (bicyclic) bond motifs is 1. The molecule has 4 rings (SSSR count). The number of rotatable bonds is 5. The predicted molar refractivity (Wildman–Crippen MR) is 106 cm³/mol. The van der Waals surface area contributed by atoms with E-state index in [1.807, 2.05) is 0 Å². The Labute approximate surface area is 168 Å². The zero-order valence-corrected chi connectivity index (χ0v) is 15.4. The van der Waals surface area contributed by atoms with Crippen molar-refractivity contribution in [2.75, 3.05) is 5.32 Å². The first-order valence-electron chi connectivity index (χ1n) is 8.32. The number of halogens is 1. The maximum Gasteiger partial charge on any atom is 0.275 e. The van der Waals surface area contributed by atoms with E-state index < -0.39 is 10.8 Å². The summed E-state index contributed by atoms with van der Waals surface area (Å²) in [5.41, 5.74) is 0.568. The molecule has 4 aromatic rings. The van der Waals surface area contributed by atoms with E-state index in [1.165, 1.54) is 28.9 Å². The number of nitro groups is 1. The minimum atomic E-state index is -0.568. The quantitative estimate of drug-likeness (QED) is 0.387. The van der Waals surface area contributed by atoms with Gasteiger partial charge in [0.15, 0.2) is 5.65 Å². The van der Waals surface area contributed by atoms with Gasteiger partial charge in [0.1, 0.15) is 17.1 Å². The summed E-state index contributed by atoms with van der Waals surface area (Å²) < 4.78 is 7.12. The van der Waals surface area contributed by atoms with E-state index in [9.17, 15) is 14.9 Å². The number of aromatic nitrogens is 3. The minimum Gasteiger partial charge on any atom is -0.457 e. The topological polar surface area (TPSA) is 112 Å². The summed E-state index contributed by atoms with van der Waals surface area (Å²) in [6, 6.07) is 12.2. The molecule has 0 bridgehead atoms. The highest BCUT2D eigenvalue weighted by Gasteiger charge is 2.17. The van der Waals surface area contributed by atoms with Gasteiger partial charge < -0.3 is 10.1 Å². The van der Waals surface area contributed by atoms with Crippen molar-refractivity contribution in [2.45, 2.75) is 0 Å². The average Bonchev–Trinajstić information content (AvgIpc) is 3.14. The van der Waals surface area contributed by atoms with Crippen molar-refractivity contribution in [3.05, 3.63) is 87.8 Å². The second-order valence-corrected chi connectivity index (χ2v) is 6.37. The second-order valence-electron chi connectivity index (χ2n) is 5.93. The van der Waals surface area contributed by atoms with Crippen molar-refractivity contribution >= 4 is 34.5 Å². The number of ether oxygens (including phenoxy) is 1. The van der Waals surface area contributed by atoms with Gasteiger partial charge in [0.2, 0.25) is 0 Å². The fourth-order valence-electron chi connectivity index (χ4n) is 2.64. The molecule has 0 fully saturated rings. The summed E-state index contributed by atoms with van der Waals surface area (Å²) in [6.45, 7) is 0. The smallest absolute Gasteiger partial charge is 0.275 e. The SMILES string of the molecule is O=C(Nc1cc(Oc2ccc(Cl)cc2)cc([N+](=O)[O-])c1)c1cnn2cccnc12. The first-order chi connectivity index (χ1) is 14.0. The fourth-order valence-corrected chi connectivity index (χ4v) is 2.77. The Balaban J connectivity index is 1.63. The van der Waals surface area contributed by atoms with Crippen LogP contribution in [0.2, 0.25) is 5.02 Å². The molecule has 1 N–H and O–H groups in total. The Morgan fingerprint density at radius 2 is 1.97 bits per heavy atom. The molecular formula is C19H12ClN5O4. The molecule has 0 atom stereocenters. The lowest BCUT2D eigenvalue weighted by molar-refractivity contribution is -0.384. The van der Waals surface area contributed by atoms with Crippen LogP contribution in [-0.2, 0) is 0 Å². The molecular weight excluding hydrogens is 398 g/mol. The van der Waals surface area contributed by atoms with Crippen molar-refractivity contribution in [3.8, 4) is 11.5 Å². The molecule has 2 aromatic heterocycles. The number of benzene rings is 2. The lowest BCUT2D eigenvalue weighted by atomic mass is 10.2. The van der Waals surface area contributed by atoms with Crippen molar-refractivity contribution < 1.29 is 14.5 Å². The van der Waals surface area contributed by atoms with Crippen LogP contribution < -0.4 is 10.1 Å². The Bertz CT molecular complexity index is 1220. The summed E-state index contributed by atoms with van der Waals surface area (Å²) in [5, 5.41) is 18.5. The number of carbonyl (C=O) groups excluding carboxylic acids is 1. The lowest BCUT2D eigenvalue weighted by Gasteiger charge is -2.09. The highest BCUT2D eigenvalue weighted by atomic mass is 35.5. The standard InChI is InChI=1S/C19H12ClN5O4/c20-12-2-4-15(5-3-12)29-16-9-13(8-14(10-16)25(27)28)23-19(26)17-11-22-24-7-1-6-21-18(17)24/h1-11H,(H,23,26). The van der Waals surface area contributed by atoms with E-state index >= 15 is 0 Å². The predicted octanol–water partition coefficient (Wildman–Crippen LogP) is 4.34. The van der Waals surface area contributed by atoms with E-state index in [0.29, 0.717) is 16.4 Å². The van der Waals surface area contributed by atoms with Crippen LogP contribution in [0.5, 0.6) is 11.5 Å². The monoisotopic (exact) mass is 409 g/mol. The van der Waals surface area contributed by atoms with Crippen molar-refractivity contribution in [3.63, 3.8) is 0 Å². The minimum absolute atomic E-state index is 0.190. The number of nitrogens with zero attached hydrogens (tertiary/aromatic N) is 4. The Kier molecular flexibility index (Phi) is 4.80. The van der Waals surface area contributed by atoms with E-state index in [4.69, 9.17) is 16.3 Å². The molecule has 9 nitrogen and oxygen atoms in total. The van der Waals surface area contributed by atoms with Gasteiger partial charge in [-0.1, -0.05) is 11.6 Å². The number of non-ortho nitro benzene ring substituents is 1. The van der Waals surface area contributed by atoms with Crippen molar-refractivity contribution in [1.29, 1.82) is 0 Å². The summed E-state index contributed by atoms with van der Waals surface area (Å²) >= 11 is 5.85. The fraction of sp³-hybridized carbons (Fsp3) is 0. The normalized spacial score (nSPS) is 10.7. The molecule has 2 heterocycles. The van der Waals surface area contributed by atoms with Crippen LogP contribution in [0, 0.1) is 10.1 Å². The molecule has 0 saturated heterocycles. The summed E-state index contributed by atoms with van der Waals surface area (Å²) in [4.78, 5) is 27.5. The molecule has 2 aromatic carbocycles. The Morgan fingerprint density at radius 3 is 2.72 bits per heavy atom. The zero-order chi connectivity index (χ0) is 20.4. The maximum absolute atomic E-state index is 12.6. The zero-order valence-electron chi connectivity index (χ0n) is 14.7. The summed E-state index contributed by atoms with van der Waals surface area (Å²) in [5.74, 6) is 0.130. The number of hydrogen-bond donors (Lipinski definition) is 1. The number of anilines is 1. The number of amides is 1. The first-order valence-corrected chi connectivity index (χ1v) is 8.70. The van der Waals surface area contributed by atoms with Gasteiger partial charge in [-0.2, -0.15) is 5.10 Å². The van der Waals surface area contributed by atoms with Gasteiger partial charge in [-0.3, -0.25) is 14.9 Å². The van der Waals surface area contributed by atoms with Crippen LogP contribution in [0.4, 0.5) is 11.4 Å². The van der Waals surface area contributed by atoms with Crippen LogP contribution in [0.1, 0.15) is 10.4 Å². The average molecular weight is 410 g/mol. The van der Waals surface area contributed by atoms with Gasteiger partial charge in [0.25, 0.3) is 11.6 Å². The first kappa shape index (κ1) is 18.4. The molecule has 1 amide bonds. The third-order valence-corrected chi connectivity index (χ3v) is 4.19. The molecule has 10 heteroatoms. The molecule has 0 aliphatic heterocycles. The number of carbonyl (C=O) groups is 1. The van der Waals surface area contributed by atoms with Crippen molar-refractivity contribution in [1.82, 2.24) is 14.6 Å². The number of hydrogen-bond acceptors (Lipinski definition) is 6. The van der Waals surface area contributed by atoms with Gasteiger partial charge >= 0.3 is 0 Å². The van der Waals surface area contributed by atoms with Crippen LogP contribution in [0.15, 0.2) is 67.1 Å². The van der Waals surface area contributed by atoms with E-state index in [0.717, 1.165) is 0 Å². The van der Waals surface area contributed by atoms with Crippen molar-refractivity contribution in [2.24, 2.45) is 0 Å². The molecule has 29 heavy (non-hydrogen) atoms. The van der Waals surface area contributed by atoms with E-state index in [1.54, 1.807) is 42.7 Å². The van der Waals surface area contributed by atoms with Gasteiger partial charge in [0.05, 0.1) is 22.9 Å². The van der Waals surface area contributed by atoms with Crippen LogP contribution in [0.25, 0.3) is 5.65 Å². The maximum atomic E-state index is 12.6. The molecule has 0 radical (unpaired) electrons. The van der Waals surface area contributed by atoms with Crippen LogP contribution in [0.3, 0.4) is 0 Å². The molecule has 0 spiro atoms. The van der Waals surface area contributed by atoms with E-state index in [-0.39, 0.29) is 22.7 Å². The van der Waals surface area contributed by atoms with Gasteiger partial charge in [-0.25, -0.2) is 9.50 Å². The Morgan fingerprint density at radius 1 is 1.17 bits per heavy atom. The molecule has 0 saturated carbocycles. The summed E-state index contributed by atoms with van der Waals surface area (Å²) in [6.07, 6.45) is 4.57. The second kappa shape index (κ2) is 7.56. The van der Waals surface area contributed by atoms with Crippen LogP contribution >= 0.6 is 11.6 Å². The highest BCUT2D eigenvalue weighted by Crippen LogP contribution is 2.30. The lowest BCUT2D eigenvalue weighted by Crippen LogP contribution is -2.12. The molecule has 144 valence electrons. The molecule has 0 aliphatic carbocycles. The van der Waals surface area contributed by atoms with E-state index in [2.05, 4.69) is 15.4 Å². The third kappa shape index (κ3) is 3.99. The highest BCUT2D eigenvalue weighted by molar-refractivity contribution is 6.30.